The normalized spacial score (nSPS) is 14.8. The summed E-state index contributed by atoms with van der Waals surface area (Å²) in [6.45, 7) is 3.98. The molecule has 1 aliphatic rings. The van der Waals surface area contributed by atoms with E-state index in [4.69, 9.17) is 0 Å². The van der Waals surface area contributed by atoms with Crippen LogP contribution in [0.25, 0.3) is 5.69 Å². The number of carbonyl (C=O) groups is 1. The van der Waals surface area contributed by atoms with E-state index in [1.807, 2.05) is 41.3 Å². The van der Waals surface area contributed by atoms with E-state index in [-0.39, 0.29) is 11.5 Å². The molecule has 1 fully saturated rings. The molecule has 1 amide bonds. The summed E-state index contributed by atoms with van der Waals surface area (Å²) in [6, 6.07) is 22.8. The van der Waals surface area contributed by atoms with Crippen molar-refractivity contribution in [3.63, 3.8) is 0 Å². The van der Waals surface area contributed by atoms with Crippen LogP contribution in [-0.4, -0.2) is 46.5 Å². The number of hydrogen-bond donors (Lipinski definition) is 0. The van der Waals surface area contributed by atoms with Gasteiger partial charge in [-0.3, -0.25) is 19.1 Å². The van der Waals surface area contributed by atoms with Crippen molar-refractivity contribution in [3.05, 3.63) is 100 Å². The Kier molecular flexibility index (Phi) is 5.35. The maximum Gasteiger partial charge on any atom is 0.255 e. The summed E-state index contributed by atoms with van der Waals surface area (Å²) in [6.07, 6.45) is 1.65. The molecule has 0 radical (unpaired) electrons. The quantitative estimate of drug-likeness (QED) is 0.706. The molecule has 0 atom stereocenters. The Labute approximate surface area is 164 Å². The Bertz CT molecular complexity index is 991. The molecule has 0 bridgehead atoms. The third-order valence-electron chi connectivity index (χ3n) is 5.10. The van der Waals surface area contributed by atoms with Gasteiger partial charge < -0.3 is 4.90 Å². The summed E-state index contributed by atoms with van der Waals surface area (Å²) in [4.78, 5) is 29.4. The van der Waals surface area contributed by atoms with Gasteiger partial charge >= 0.3 is 0 Å². The number of pyridine rings is 1. The van der Waals surface area contributed by atoms with Crippen molar-refractivity contribution in [2.75, 3.05) is 26.2 Å². The number of para-hydroxylation sites is 1. The standard InChI is InChI=1S/C23H23N3O2/c27-22-12-11-20(18-26(22)21-9-5-2-6-10-21)23(28)25-15-13-24(14-16-25)17-19-7-3-1-4-8-19/h1-12,18H,13-17H2. The van der Waals surface area contributed by atoms with Gasteiger partial charge in [-0.05, 0) is 23.8 Å². The fourth-order valence-corrected chi connectivity index (χ4v) is 3.54. The second-order valence-electron chi connectivity index (χ2n) is 7.02. The number of carbonyl (C=O) groups excluding carboxylic acids is 1. The first-order chi connectivity index (χ1) is 13.7. The number of nitrogens with zero attached hydrogens (tertiary/aromatic N) is 3. The summed E-state index contributed by atoms with van der Waals surface area (Å²) >= 11 is 0. The first kappa shape index (κ1) is 18.2. The molecular weight excluding hydrogens is 350 g/mol. The topological polar surface area (TPSA) is 45.6 Å². The second-order valence-corrected chi connectivity index (χ2v) is 7.02. The van der Waals surface area contributed by atoms with Crippen molar-refractivity contribution >= 4 is 5.91 Å². The third-order valence-corrected chi connectivity index (χ3v) is 5.10. The van der Waals surface area contributed by atoms with Gasteiger partial charge in [0.05, 0.1) is 5.56 Å². The van der Waals surface area contributed by atoms with Crippen LogP contribution in [-0.2, 0) is 6.54 Å². The Balaban J connectivity index is 1.44. The van der Waals surface area contributed by atoms with Crippen LogP contribution in [0.15, 0.2) is 83.8 Å². The lowest BCUT2D eigenvalue weighted by atomic mass is 10.2. The molecule has 1 saturated heterocycles. The van der Waals surface area contributed by atoms with Crippen LogP contribution in [0.1, 0.15) is 15.9 Å². The molecule has 0 spiro atoms. The zero-order valence-electron chi connectivity index (χ0n) is 15.7. The highest BCUT2D eigenvalue weighted by Crippen LogP contribution is 2.12. The lowest BCUT2D eigenvalue weighted by Gasteiger charge is -2.34. The zero-order chi connectivity index (χ0) is 19.3. The second kappa shape index (κ2) is 8.23. The molecule has 1 aromatic heterocycles. The van der Waals surface area contributed by atoms with E-state index in [1.165, 1.54) is 16.2 Å². The molecule has 0 saturated carbocycles. The Morgan fingerprint density at radius 2 is 1.43 bits per heavy atom. The summed E-state index contributed by atoms with van der Waals surface area (Å²) < 4.78 is 1.53. The van der Waals surface area contributed by atoms with E-state index in [2.05, 4.69) is 29.2 Å². The first-order valence-corrected chi connectivity index (χ1v) is 9.54. The summed E-state index contributed by atoms with van der Waals surface area (Å²) in [5, 5.41) is 0. The highest BCUT2D eigenvalue weighted by atomic mass is 16.2. The highest BCUT2D eigenvalue weighted by molar-refractivity contribution is 5.94. The number of rotatable bonds is 4. The van der Waals surface area contributed by atoms with Crippen LogP contribution in [0, 0.1) is 0 Å². The SMILES string of the molecule is O=C(c1ccc(=O)n(-c2ccccc2)c1)N1CCN(Cc2ccccc2)CC1. The minimum atomic E-state index is -0.143. The van der Waals surface area contributed by atoms with E-state index >= 15 is 0 Å². The molecule has 2 heterocycles. The van der Waals surface area contributed by atoms with Crippen LogP contribution in [0.4, 0.5) is 0 Å². The summed E-state index contributed by atoms with van der Waals surface area (Å²) in [5.41, 5.74) is 2.45. The number of piperazine rings is 1. The fourth-order valence-electron chi connectivity index (χ4n) is 3.54. The molecule has 1 aliphatic heterocycles. The average Bonchev–Trinajstić information content (AvgIpc) is 2.75. The van der Waals surface area contributed by atoms with E-state index in [1.54, 1.807) is 12.3 Å². The molecule has 3 aromatic rings. The van der Waals surface area contributed by atoms with Gasteiger partial charge in [-0.25, -0.2) is 0 Å². The zero-order valence-corrected chi connectivity index (χ0v) is 15.7. The van der Waals surface area contributed by atoms with E-state index < -0.39 is 0 Å². The third kappa shape index (κ3) is 4.05. The van der Waals surface area contributed by atoms with Gasteiger partial charge in [-0.1, -0.05) is 48.5 Å². The minimum Gasteiger partial charge on any atom is -0.336 e. The molecule has 0 unspecified atom stereocenters. The number of aromatic nitrogens is 1. The number of amides is 1. The number of hydrogen-bond acceptors (Lipinski definition) is 3. The largest absolute Gasteiger partial charge is 0.336 e. The van der Waals surface area contributed by atoms with Gasteiger partial charge in [0, 0.05) is 50.7 Å². The van der Waals surface area contributed by atoms with Gasteiger partial charge in [0.15, 0.2) is 0 Å². The van der Waals surface area contributed by atoms with E-state index in [0.29, 0.717) is 18.7 Å². The van der Waals surface area contributed by atoms with Crippen molar-refractivity contribution in [2.24, 2.45) is 0 Å². The van der Waals surface area contributed by atoms with Gasteiger partial charge in [0.25, 0.3) is 11.5 Å². The minimum absolute atomic E-state index is 0.0240. The van der Waals surface area contributed by atoms with E-state index in [0.717, 1.165) is 25.3 Å². The van der Waals surface area contributed by atoms with Crippen molar-refractivity contribution in [2.45, 2.75) is 6.54 Å². The van der Waals surface area contributed by atoms with Crippen LogP contribution < -0.4 is 5.56 Å². The van der Waals surface area contributed by atoms with Crippen LogP contribution >= 0.6 is 0 Å². The molecule has 5 nitrogen and oxygen atoms in total. The number of benzene rings is 2. The van der Waals surface area contributed by atoms with Crippen molar-refractivity contribution < 1.29 is 4.79 Å². The monoisotopic (exact) mass is 373 g/mol. The molecular formula is C23H23N3O2. The van der Waals surface area contributed by atoms with Gasteiger partial charge in [-0.15, -0.1) is 0 Å². The van der Waals surface area contributed by atoms with Crippen LogP contribution in [0.5, 0.6) is 0 Å². The van der Waals surface area contributed by atoms with Gasteiger partial charge in [0.1, 0.15) is 0 Å². The smallest absolute Gasteiger partial charge is 0.255 e. The Morgan fingerprint density at radius 1 is 0.786 bits per heavy atom. The summed E-state index contributed by atoms with van der Waals surface area (Å²) in [7, 11) is 0. The van der Waals surface area contributed by atoms with Gasteiger partial charge in [0.2, 0.25) is 0 Å². The summed E-state index contributed by atoms with van der Waals surface area (Å²) in [5.74, 6) is -0.0240. The highest BCUT2D eigenvalue weighted by Gasteiger charge is 2.22. The first-order valence-electron chi connectivity index (χ1n) is 9.54. The van der Waals surface area contributed by atoms with E-state index in [9.17, 15) is 9.59 Å². The predicted molar refractivity (Wildman–Crippen MR) is 110 cm³/mol. The van der Waals surface area contributed by atoms with Gasteiger partial charge in [-0.2, -0.15) is 0 Å². The molecule has 142 valence electrons. The molecule has 0 aliphatic carbocycles. The molecule has 5 heteroatoms. The molecule has 0 N–H and O–H groups in total. The Hall–Kier alpha value is -3.18. The van der Waals surface area contributed by atoms with Crippen LogP contribution in [0.3, 0.4) is 0 Å². The fraction of sp³-hybridized carbons (Fsp3) is 0.217. The molecule has 2 aromatic carbocycles. The lowest BCUT2D eigenvalue weighted by Crippen LogP contribution is -2.48. The molecule has 4 rings (SSSR count). The average molecular weight is 373 g/mol. The maximum absolute atomic E-state index is 13.0. The molecule has 28 heavy (non-hydrogen) atoms. The predicted octanol–water partition coefficient (Wildman–Crippen LogP) is 2.80. The lowest BCUT2D eigenvalue weighted by molar-refractivity contribution is 0.0628. The van der Waals surface area contributed by atoms with Crippen molar-refractivity contribution in [3.8, 4) is 5.69 Å². The Morgan fingerprint density at radius 3 is 2.11 bits per heavy atom. The van der Waals surface area contributed by atoms with Crippen molar-refractivity contribution in [1.82, 2.24) is 14.4 Å². The van der Waals surface area contributed by atoms with Crippen LogP contribution in [0.2, 0.25) is 0 Å². The van der Waals surface area contributed by atoms with Crippen molar-refractivity contribution in [1.29, 1.82) is 0 Å². The maximum atomic E-state index is 13.0.